The minimum Gasteiger partial charge on any atom is -0.477 e. The summed E-state index contributed by atoms with van der Waals surface area (Å²) in [6, 6.07) is 16.1. The van der Waals surface area contributed by atoms with E-state index in [1.54, 1.807) is 0 Å². The summed E-state index contributed by atoms with van der Waals surface area (Å²) < 4.78 is 6.33. The lowest BCUT2D eigenvalue weighted by Gasteiger charge is -2.35. The average molecular weight is 264 g/mol. The molecule has 2 aromatic rings. The Hall–Kier alpha value is -2.26. The lowest BCUT2D eigenvalue weighted by molar-refractivity contribution is 0.0404. The Bertz CT molecular complexity index is 712. The van der Waals surface area contributed by atoms with Gasteiger partial charge in [-0.2, -0.15) is 0 Å². The zero-order chi connectivity index (χ0) is 13.8. The minimum absolute atomic E-state index is 0.616. The van der Waals surface area contributed by atoms with E-state index in [2.05, 4.69) is 18.0 Å². The van der Waals surface area contributed by atoms with E-state index < -0.39 is 11.3 Å². The standard InChI is InChI=1S/C17H16N2O/c1-2-11-16-12-7-3-5-9-14(12)19-17(16,18)13-8-4-6-10-15(13)20-16/h2-10,19H,1,11,18H2/t16-,17-/m0/s1. The summed E-state index contributed by atoms with van der Waals surface area (Å²) in [6.45, 7) is 3.88. The molecular weight excluding hydrogens is 248 g/mol. The Labute approximate surface area is 118 Å². The van der Waals surface area contributed by atoms with Crippen molar-refractivity contribution in [3.63, 3.8) is 0 Å². The second-order valence-corrected chi connectivity index (χ2v) is 5.40. The van der Waals surface area contributed by atoms with Crippen molar-refractivity contribution in [1.29, 1.82) is 0 Å². The van der Waals surface area contributed by atoms with E-state index >= 15 is 0 Å². The van der Waals surface area contributed by atoms with Gasteiger partial charge in [-0.3, -0.25) is 0 Å². The third kappa shape index (κ3) is 1.14. The molecule has 2 aliphatic rings. The molecule has 0 unspecified atom stereocenters. The van der Waals surface area contributed by atoms with Crippen molar-refractivity contribution < 1.29 is 4.74 Å². The van der Waals surface area contributed by atoms with Crippen molar-refractivity contribution in [1.82, 2.24) is 0 Å². The fourth-order valence-corrected chi connectivity index (χ4v) is 3.48. The molecule has 100 valence electrons. The van der Waals surface area contributed by atoms with Crippen LogP contribution in [0.5, 0.6) is 5.75 Å². The van der Waals surface area contributed by atoms with E-state index in [4.69, 9.17) is 10.5 Å². The fraction of sp³-hybridized carbons (Fsp3) is 0.176. The number of ether oxygens (including phenoxy) is 1. The van der Waals surface area contributed by atoms with Gasteiger partial charge in [0.2, 0.25) is 0 Å². The van der Waals surface area contributed by atoms with Crippen LogP contribution < -0.4 is 15.8 Å². The first kappa shape index (κ1) is 11.6. The maximum Gasteiger partial charge on any atom is 0.180 e. The van der Waals surface area contributed by atoms with Gasteiger partial charge in [-0.25, -0.2) is 0 Å². The Morgan fingerprint density at radius 2 is 1.80 bits per heavy atom. The number of fused-ring (bicyclic) bond motifs is 5. The molecule has 0 saturated heterocycles. The monoisotopic (exact) mass is 264 g/mol. The first-order valence-electron chi connectivity index (χ1n) is 6.77. The summed E-state index contributed by atoms with van der Waals surface area (Å²) >= 11 is 0. The van der Waals surface area contributed by atoms with Crippen molar-refractivity contribution in [2.45, 2.75) is 17.7 Å². The molecule has 0 bridgehead atoms. The van der Waals surface area contributed by atoms with Crippen molar-refractivity contribution in [3.05, 3.63) is 72.3 Å². The highest BCUT2D eigenvalue weighted by atomic mass is 16.5. The third-order valence-electron chi connectivity index (χ3n) is 4.36. The molecule has 0 fully saturated rings. The molecule has 4 rings (SSSR count). The molecule has 0 spiro atoms. The van der Waals surface area contributed by atoms with Crippen molar-refractivity contribution in [2.75, 3.05) is 5.32 Å². The van der Waals surface area contributed by atoms with Gasteiger partial charge in [0.05, 0.1) is 0 Å². The predicted molar refractivity (Wildman–Crippen MR) is 79.5 cm³/mol. The van der Waals surface area contributed by atoms with Gasteiger partial charge in [-0.1, -0.05) is 42.5 Å². The van der Waals surface area contributed by atoms with Gasteiger partial charge in [0, 0.05) is 23.2 Å². The van der Waals surface area contributed by atoms with Gasteiger partial charge in [-0.05, 0) is 12.1 Å². The molecule has 20 heavy (non-hydrogen) atoms. The molecule has 2 heterocycles. The van der Waals surface area contributed by atoms with Crippen LogP contribution in [0, 0.1) is 0 Å². The van der Waals surface area contributed by atoms with Gasteiger partial charge >= 0.3 is 0 Å². The normalized spacial score (nSPS) is 28.9. The quantitative estimate of drug-likeness (QED) is 0.819. The zero-order valence-electron chi connectivity index (χ0n) is 11.1. The maximum absolute atomic E-state index is 6.76. The van der Waals surface area contributed by atoms with Gasteiger partial charge in [0.1, 0.15) is 5.75 Å². The smallest absolute Gasteiger partial charge is 0.180 e. The first-order chi connectivity index (χ1) is 9.71. The molecule has 0 saturated carbocycles. The number of para-hydroxylation sites is 2. The highest BCUT2D eigenvalue weighted by Crippen LogP contribution is 2.59. The molecule has 2 aliphatic heterocycles. The number of rotatable bonds is 2. The molecule has 3 heteroatoms. The number of hydrogen-bond donors (Lipinski definition) is 2. The molecule has 3 nitrogen and oxygen atoms in total. The molecule has 2 atom stereocenters. The minimum atomic E-state index is -0.749. The predicted octanol–water partition coefficient (Wildman–Crippen LogP) is 3.09. The highest BCUT2D eigenvalue weighted by Gasteiger charge is 2.63. The zero-order valence-corrected chi connectivity index (χ0v) is 11.1. The van der Waals surface area contributed by atoms with Crippen LogP contribution in [0.2, 0.25) is 0 Å². The second-order valence-electron chi connectivity index (χ2n) is 5.40. The molecule has 3 N–H and O–H groups in total. The Morgan fingerprint density at radius 3 is 2.60 bits per heavy atom. The van der Waals surface area contributed by atoms with Crippen molar-refractivity contribution in [2.24, 2.45) is 5.73 Å². The van der Waals surface area contributed by atoms with Crippen LogP contribution in [-0.4, -0.2) is 0 Å². The van der Waals surface area contributed by atoms with Crippen LogP contribution in [0.15, 0.2) is 61.2 Å². The summed E-state index contributed by atoms with van der Waals surface area (Å²) in [5.74, 6) is 0.846. The largest absolute Gasteiger partial charge is 0.477 e. The third-order valence-corrected chi connectivity index (χ3v) is 4.36. The van der Waals surface area contributed by atoms with Gasteiger partial charge < -0.3 is 15.8 Å². The van der Waals surface area contributed by atoms with E-state index in [-0.39, 0.29) is 0 Å². The molecule has 0 radical (unpaired) electrons. The summed E-state index contributed by atoms with van der Waals surface area (Å²) in [5, 5.41) is 3.46. The lowest BCUT2D eigenvalue weighted by Crippen LogP contribution is -2.55. The molecule has 2 aromatic carbocycles. The van der Waals surface area contributed by atoms with Gasteiger partial charge in [-0.15, -0.1) is 6.58 Å². The van der Waals surface area contributed by atoms with Crippen LogP contribution in [-0.2, 0) is 11.3 Å². The van der Waals surface area contributed by atoms with E-state index in [9.17, 15) is 0 Å². The second kappa shape index (κ2) is 3.64. The van der Waals surface area contributed by atoms with Crippen LogP contribution >= 0.6 is 0 Å². The van der Waals surface area contributed by atoms with Crippen LogP contribution in [0.25, 0.3) is 0 Å². The first-order valence-corrected chi connectivity index (χ1v) is 6.77. The number of anilines is 1. The van der Waals surface area contributed by atoms with Crippen molar-refractivity contribution in [3.8, 4) is 5.75 Å². The SMILES string of the molecule is C=CC[C@@]12Oc3ccccc3[C@]1(N)Nc1ccccc12. The maximum atomic E-state index is 6.76. The van der Waals surface area contributed by atoms with Crippen molar-refractivity contribution >= 4 is 5.69 Å². The van der Waals surface area contributed by atoms with Crippen LogP contribution in [0.4, 0.5) is 5.69 Å². The summed E-state index contributed by atoms with van der Waals surface area (Å²) in [5.41, 5.74) is 8.53. The molecule has 0 aliphatic carbocycles. The number of nitrogens with one attached hydrogen (secondary N) is 1. The van der Waals surface area contributed by atoms with Gasteiger partial charge in [0.25, 0.3) is 0 Å². The molecule has 0 aromatic heterocycles. The number of hydrogen-bond acceptors (Lipinski definition) is 3. The van der Waals surface area contributed by atoms with E-state index in [0.29, 0.717) is 6.42 Å². The lowest BCUT2D eigenvalue weighted by atomic mass is 9.80. The number of nitrogens with two attached hydrogens (primary N) is 1. The summed E-state index contributed by atoms with van der Waals surface area (Å²) in [4.78, 5) is 0. The Balaban J connectivity index is 2.01. The van der Waals surface area contributed by atoms with Crippen LogP contribution in [0.1, 0.15) is 17.5 Å². The van der Waals surface area contributed by atoms with Gasteiger partial charge in [0.15, 0.2) is 11.3 Å². The molecule has 0 amide bonds. The fourth-order valence-electron chi connectivity index (χ4n) is 3.48. The van der Waals surface area contributed by atoms with E-state index in [1.165, 1.54) is 0 Å². The topological polar surface area (TPSA) is 47.3 Å². The number of benzene rings is 2. The van der Waals surface area contributed by atoms with E-state index in [0.717, 1.165) is 22.6 Å². The highest BCUT2D eigenvalue weighted by molar-refractivity contribution is 5.69. The Morgan fingerprint density at radius 1 is 1.10 bits per heavy atom. The Kier molecular flexibility index (Phi) is 2.11. The summed E-state index contributed by atoms with van der Waals surface area (Å²) in [6.07, 6.45) is 2.53. The van der Waals surface area contributed by atoms with E-state index in [1.807, 2.05) is 48.5 Å². The summed E-state index contributed by atoms with van der Waals surface area (Å²) in [7, 11) is 0. The molecular formula is C17H16N2O. The average Bonchev–Trinajstić information content (AvgIpc) is 2.84. The van der Waals surface area contributed by atoms with Crippen LogP contribution in [0.3, 0.4) is 0 Å².